The molecule has 152 valence electrons. The summed E-state index contributed by atoms with van der Waals surface area (Å²) in [6.45, 7) is 2.62. The van der Waals surface area contributed by atoms with E-state index in [-0.39, 0.29) is 5.92 Å². The molecule has 3 rings (SSSR count). The van der Waals surface area contributed by atoms with Gasteiger partial charge in [0, 0.05) is 39.6 Å². The van der Waals surface area contributed by atoms with E-state index in [1.165, 1.54) is 4.31 Å². The topological polar surface area (TPSA) is 65.1 Å². The van der Waals surface area contributed by atoms with Crippen LogP contribution in [0.25, 0.3) is 0 Å². The summed E-state index contributed by atoms with van der Waals surface area (Å²) >= 11 is 0. The summed E-state index contributed by atoms with van der Waals surface area (Å²) in [6, 6.07) is 12.8. The maximum atomic E-state index is 13.3. The van der Waals surface area contributed by atoms with Crippen molar-refractivity contribution in [2.75, 3.05) is 27.9 Å². The zero-order chi connectivity index (χ0) is 20.3. The molecule has 0 aliphatic carbocycles. The Morgan fingerprint density at radius 2 is 1.75 bits per heavy atom. The van der Waals surface area contributed by atoms with Crippen molar-refractivity contribution in [3.8, 4) is 5.75 Å². The minimum absolute atomic E-state index is 0.0419. The first-order valence-electron chi connectivity index (χ1n) is 9.18. The third-order valence-electron chi connectivity index (χ3n) is 5.22. The Labute approximate surface area is 167 Å². The molecule has 0 N–H and O–H groups in total. The molecule has 6 nitrogen and oxygen atoms in total. The maximum Gasteiger partial charge on any atom is 0.243 e. The van der Waals surface area contributed by atoms with Gasteiger partial charge in [-0.05, 0) is 42.3 Å². The van der Waals surface area contributed by atoms with E-state index in [0.29, 0.717) is 30.2 Å². The molecule has 0 amide bonds. The third kappa shape index (κ3) is 4.22. The number of aryl methyl sites for hydroxylation is 1. The molecule has 0 saturated carbocycles. The van der Waals surface area contributed by atoms with Crippen molar-refractivity contribution < 1.29 is 22.6 Å². The minimum Gasteiger partial charge on any atom is -0.497 e. The fourth-order valence-corrected chi connectivity index (χ4v) is 5.07. The van der Waals surface area contributed by atoms with Gasteiger partial charge in [0.1, 0.15) is 5.75 Å². The Bertz CT molecular complexity index is 907. The molecule has 2 aromatic carbocycles. The summed E-state index contributed by atoms with van der Waals surface area (Å²) in [5.41, 5.74) is 3.07. The van der Waals surface area contributed by atoms with Crippen molar-refractivity contribution in [2.24, 2.45) is 0 Å². The molecule has 0 fully saturated rings. The van der Waals surface area contributed by atoms with Crippen LogP contribution >= 0.6 is 0 Å². The number of nitrogens with zero attached hydrogens (tertiary/aromatic N) is 1. The number of methoxy groups -OCH3 is 3. The standard InChI is InChI=1S/C21H27NO5S/c1-15-5-8-19(9-6-15)28(23,24)22-13-16-11-18(25-2)7-10-20(16)17(14-22)12-21(26-3)27-4/h5-11,17,21H,12-14H2,1-4H3. The van der Waals surface area contributed by atoms with Gasteiger partial charge in [-0.25, -0.2) is 8.42 Å². The van der Waals surface area contributed by atoms with Gasteiger partial charge in [0.2, 0.25) is 10.0 Å². The lowest BCUT2D eigenvalue weighted by Gasteiger charge is -2.35. The molecule has 7 heteroatoms. The summed E-state index contributed by atoms with van der Waals surface area (Å²) in [5.74, 6) is 0.668. The van der Waals surface area contributed by atoms with Crippen LogP contribution in [0.1, 0.15) is 29.0 Å². The van der Waals surface area contributed by atoms with Gasteiger partial charge in [-0.3, -0.25) is 0 Å². The molecule has 1 unspecified atom stereocenters. The van der Waals surface area contributed by atoms with Crippen LogP contribution < -0.4 is 4.74 Å². The van der Waals surface area contributed by atoms with E-state index in [1.54, 1.807) is 33.5 Å². The lowest BCUT2D eigenvalue weighted by molar-refractivity contribution is -0.110. The lowest BCUT2D eigenvalue weighted by Crippen LogP contribution is -2.39. The van der Waals surface area contributed by atoms with Crippen LogP contribution in [0, 0.1) is 6.92 Å². The van der Waals surface area contributed by atoms with Gasteiger partial charge in [0.05, 0.1) is 12.0 Å². The van der Waals surface area contributed by atoms with E-state index in [4.69, 9.17) is 14.2 Å². The van der Waals surface area contributed by atoms with E-state index in [1.807, 2.05) is 37.3 Å². The average molecular weight is 406 g/mol. The quantitative estimate of drug-likeness (QED) is 0.662. The number of fused-ring (bicyclic) bond motifs is 1. The number of hydrogen-bond acceptors (Lipinski definition) is 5. The first-order chi connectivity index (χ1) is 13.4. The second-order valence-electron chi connectivity index (χ2n) is 7.01. The van der Waals surface area contributed by atoms with Crippen molar-refractivity contribution in [3.63, 3.8) is 0 Å². The zero-order valence-electron chi connectivity index (χ0n) is 16.7. The fraction of sp³-hybridized carbons (Fsp3) is 0.429. The molecule has 1 aliphatic heterocycles. The van der Waals surface area contributed by atoms with Gasteiger partial charge in [-0.2, -0.15) is 4.31 Å². The van der Waals surface area contributed by atoms with Gasteiger partial charge < -0.3 is 14.2 Å². The fourth-order valence-electron chi connectivity index (χ4n) is 3.61. The normalized spacial score (nSPS) is 17.5. The van der Waals surface area contributed by atoms with Gasteiger partial charge in [0.15, 0.2) is 6.29 Å². The highest BCUT2D eigenvalue weighted by atomic mass is 32.2. The van der Waals surface area contributed by atoms with Crippen LogP contribution in [-0.2, 0) is 26.0 Å². The SMILES string of the molecule is COc1ccc2c(c1)CN(S(=O)(=O)c1ccc(C)cc1)CC2CC(OC)OC. The number of benzene rings is 2. The Balaban J connectivity index is 1.98. The van der Waals surface area contributed by atoms with Crippen LogP contribution in [-0.4, -0.2) is 46.9 Å². The second kappa shape index (κ2) is 8.61. The number of hydrogen-bond donors (Lipinski definition) is 0. The molecule has 0 aromatic heterocycles. The summed E-state index contributed by atoms with van der Waals surface area (Å²) in [5, 5.41) is 0. The molecule has 0 bridgehead atoms. The molecule has 2 aromatic rings. The van der Waals surface area contributed by atoms with Crippen LogP contribution in [0.5, 0.6) is 5.75 Å². The van der Waals surface area contributed by atoms with Crippen LogP contribution in [0.2, 0.25) is 0 Å². The van der Waals surface area contributed by atoms with Crippen molar-refractivity contribution >= 4 is 10.0 Å². The summed E-state index contributed by atoms with van der Waals surface area (Å²) in [6.07, 6.45) is 0.161. The monoisotopic (exact) mass is 405 g/mol. The van der Waals surface area contributed by atoms with Gasteiger partial charge in [0.25, 0.3) is 0 Å². The van der Waals surface area contributed by atoms with Crippen molar-refractivity contribution in [2.45, 2.75) is 37.0 Å². The number of ether oxygens (including phenoxy) is 3. The Morgan fingerprint density at radius 3 is 2.36 bits per heavy atom. The van der Waals surface area contributed by atoms with E-state index in [2.05, 4.69) is 0 Å². The van der Waals surface area contributed by atoms with E-state index in [0.717, 1.165) is 16.7 Å². The third-order valence-corrected chi connectivity index (χ3v) is 7.05. The van der Waals surface area contributed by atoms with Crippen molar-refractivity contribution in [3.05, 3.63) is 59.2 Å². The lowest BCUT2D eigenvalue weighted by atomic mass is 9.88. The molecule has 1 aliphatic rings. The van der Waals surface area contributed by atoms with Crippen LogP contribution in [0.3, 0.4) is 0 Å². The Morgan fingerprint density at radius 1 is 1.07 bits per heavy atom. The van der Waals surface area contributed by atoms with E-state index >= 15 is 0 Å². The maximum absolute atomic E-state index is 13.3. The zero-order valence-corrected chi connectivity index (χ0v) is 17.5. The predicted octanol–water partition coefficient (Wildman–Crippen LogP) is 3.30. The summed E-state index contributed by atoms with van der Waals surface area (Å²) < 4.78 is 44.1. The molecular weight excluding hydrogens is 378 g/mol. The molecule has 0 spiro atoms. The Kier molecular flexibility index (Phi) is 6.40. The first kappa shape index (κ1) is 20.8. The smallest absolute Gasteiger partial charge is 0.243 e. The van der Waals surface area contributed by atoms with Crippen LogP contribution in [0.15, 0.2) is 47.4 Å². The highest BCUT2D eigenvalue weighted by Crippen LogP contribution is 2.36. The number of sulfonamides is 1. The molecule has 0 saturated heterocycles. The minimum atomic E-state index is -3.61. The van der Waals surface area contributed by atoms with Gasteiger partial charge in [-0.15, -0.1) is 0 Å². The predicted molar refractivity (Wildman–Crippen MR) is 107 cm³/mol. The summed E-state index contributed by atoms with van der Waals surface area (Å²) in [4.78, 5) is 0.304. The van der Waals surface area contributed by atoms with Gasteiger partial charge in [-0.1, -0.05) is 23.8 Å². The molecule has 1 heterocycles. The second-order valence-corrected chi connectivity index (χ2v) is 8.95. The number of rotatable bonds is 7. The van der Waals surface area contributed by atoms with Crippen molar-refractivity contribution in [1.29, 1.82) is 0 Å². The molecule has 1 atom stereocenters. The van der Waals surface area contributed by atoms with Crippen LogP contribution in [0.4, 0.5) is 0 Å². The molecular formula is C21H27NO5S. The molecule has 28 heavy (non-hydrogen) atoms. The summed E-state index contributed by atoms with van der Waals surface area (Å²) in [7, 11) is 1.17. The Hall–Kier alpha value is -1.93. The largest absolute Gasteiger partial charge is 0.497 e. The molecule has 0 radical (unpaired) electrons. The first-order valence-corrected chi connectivity index (χ1v) is 10.6. The highest BCUT2D eigenvalue weighted by molar-refractivity contribution is 7.89. The van der Waals surface area contributed by atoms with Crippen molar-refractivity contribution in [1.82, 2.24) is 4.31 Å². The van der Waals surface area contributed by atoms with E-state index < -0.39 is 16.3 Å². The van der Waals surface area contributed by atoms with Gasteiger partial charge >= 0.3 is 0 Å². The highest BCUT2D eigenvalue weighted by Gasteiger charge is 2.34. The van der Waals surface area contributed by atoms with E-state index in [9.17, 15) is 8.42 Å². The average Bonchev–Trinajstić information content (AvgIpc) is 2.71.